The number of aromatic amines is 1. The van der Waals surface area contributed by atoms with Gasteiger partial charge in [-0.25, -0.2) is 0 Å². The number of anilines is 1. The van der Waals surface area contributed by atoms with Gasteiger partial charge in [0, 0.05) is 23.6 Å². The number of H-pyrrole nitrogens is 1. The van der Waals surface area contributed by atoms with Gasteiger partial charge in [-0.15, -0.1) is 0 Å². The van der Waals surface area contributed by atoms with Crippen molar-refractivity contribution in [1.82, 2.24) is 10.2 Å². The maximum absolute atomic E-state index is 5.76. The van der Waals surface area contributed by atoms with Gasteiger partial charge in [0.15, 0.2) is 11.5 Å². The molecular weight excluding hydrogens is 230 g/mol. The zero-order valence-corrected chi connectivity index (χ0v) is 10.2. The summed E-state index contributed by atoms with van der Waals surface area (Å²) in [6.07, 6.45) is 0.903. The maximum Gasteiger partial charge on any atom is 0.164 e. The topological polar surface area (TPSA) is 73.2 Å². The van der Waals surface area contributed by atoms with Crippen LogP contribution in [0.5, 0.6) is 11.5 Å². The van der Waals surface area contributed by atoms with E-state index < -0.39 is 0 Å². The lowest BCUT2D eigenvalue weighted by molar-refractivity contribution is 0.296. The van der Waals surface area contributed by atoms with Gasteiger partial charge in [-0.3, -0.25) is 5.10 Å². The molecule has 0 spiro atoms. The van der Waals surface area contributed by atoms with Crippen molar-refractivity contribution in [2.45, 2.75) is 13.3 Å². The van der Waals surface area contributed by atoms with Gasteiger partial charge in [0.25, 0.3) is 0 Å². The summed E-state index contributed by atoms with van der Waals surface area (Å²) in [5.41, 5.74) is 8.59. The molecule has 3 rings (SSSR count). The number of benzene rings is 1. The molecular formula is C13H15N3O2. The largest absolute Gasteiger partial charge is 0.490 e. The maximum atomic E-state index is 5.76. The van der Waals surface area contributed by atoms with Crippen LogP contribution in [-0.4, -0.2) is 23.4 Å². The van der Waals surface area contributed by atoms with E-state index in [0.717, 1.165) is 34.7 Å². The van der Waals surface area contributed by atoms with E-state index in [1.165, 1.54) is 0 Å². The highest BCUT2D eigenvalue weighted by Gasteiger charge is 2.17. The molecule has 94 valence electrons. The number of nitrogens with zero attached hydrogens (tertiary/aromatic N) is 1. The monoisotopic (exact) mass is 245 g/mol. The zero-order valence-electron chi connectivity index (χ0n) is 10.2. The quantitative estimate of drug-likeness (QED) is 0.807. The number of ether oxygens (including phenoxy) is 2. The van der Waals surface area contributed by atoms with Gasteiger partial charge >= 0.3 is 0 Å². The van der Waals surface area contributed by atoms with E-state index in [4.69, 9.17) is 15.2 Å². The number of aromatic nitrogens is 2. The van der Waals surface area contributed by atoms with E-state index in [0.29, 0.717) is 19.0 Å². The van der Waals surface area contributed by atoms with Crippen molar-refractivity contribution < 1.29 is 9.47 Å². The molecule has 0 saturated carbocycles. The number of nitrogens with two attached hydrogens (primary N) is 1. The summed E-state index contributed by atoms with van der Waals surface area (Å²) in [5.74, 6) is 2.11. The van der Waals surface area contributed by atoms with Crippen molar-refractivity contribution in [3.05, 3.63) is 23.8 Å². The number of hydrogen-bond acceptors (Lipinski definition) is 4. The second-order valence-corrected chi connectivity index (χ2v) is 4.32. The molecule has 0 radical (unpaired) electrons. The van der Waals surface area contributed by atoms with Gasteiger partial charge in [-0.1, -0.05) is 0 Å². The summed E-state index contributed by atoms with van der Waals surface area (Å²) < 4.78 is 11.4. The first kappa shape index (κ1) is 11.0. The van der Waals surface area contributed by atoms with Crippen molar-refractivity contribution in [2.24, 2.45) is 0 Å². The summed E-state index contributed by atoms with van der Waals surface area (Å²) >= 11 is 0. The van der Waals surface area contributed by atoms with Crippen LogP contribution in [0.25, 0.3) is 11.3 Å². The van der Waals surface area contributed by atoms with Crippen LogP contribution >= 0.6 is 0 Å². The average Bonchev–Trinajstić information content (AvgIpc) is 2.65. The van der Waals surface area contributed by atoms with E-state index >= 15 is 0 Å². The van der Waals surface area contributed by atoms with Crippen LogP contribution in [0.2, 0.25) is 0 Å². The molecule has 5 nitrogen and oxygen atoms in total. The van der Waals surface area contributed by atoms with Gasteiger partial charge in [0.05, 0.1) is 18.9 Å². The Morgan fingerprint density at radius 1 is 1.28 bits per heavy atom. The van der Waals surface area contributed by atoms with E-state index in [9.17, 15) is 0 Å². The fourth-order valence-corrected chi connectivity index (χ4v) is 2.14. The Morgan fingerprint density at radius 2 is 2.11 bits per heavy atom. The number of nitrogen functional groups attached to an aromatic ring is 1. The predicted octanol–water partition coefficient (Wildman–Crippen LogP) is 2.13. The highest BCUT2D eigenvalue weighted by Crippen LogP contribution is 2.38. The molecule has 0 fully saturated rings. The first-order valence-corrected chi connectivity index (χ1v) is 5.96. The Bertz CT molecular complexity index is 578. The van der Waals surface area contributed by atoms with E-state index in [1.54, 1.807) is 0 Å². The van der Waals surface area contributed by atoms with Gasteiger partial charge in [0.2, 0.25) is 0 Å². The molecule has 0 amide bonds. The van der Waals surface area contributed by atoms with Crippen LogP contribution in [0.15, 0.2) is 18.2 Å². The number of rotatable bonds is 1. The summed E-state index contributed by atoms with van der Waals surface area (Å²) in [7, 11) is 0. The van der Waals surface area contributed by atoms with Crippen molar-refractivity contribution >= 4 is 5.82 Å². The molecule has 0 unspecified atom stereocenters. The van der Waals surface area contributed by atoms with Crippen LogP contribution in [0.1, 0.15) is 12.0 Å². The van der Waals surface area contributed by atoms with Crippen molar-refractivity contribution in [3.63, 3.8) is 0 Å². The van der Waals surface area contributed by atoms with Crippen LogP contribution in [0.4, 0.5) is 5.82 Å². The molecule has 1 aromatic carbocycles. The van der Waals surface area contributed by atoms with Gasteiger partial charge < -0.3 is 15.2 Å². The highest BCUT2D eigenvalue weighted by atomic mass is 16.5. The van der Waals surface area contributed by atoms with E-state index in [-0.39, 0.29) is 0 Å². The average molecular weight is 245 g/mol. The third kappa shape index (κ3) is 1.77. The zero-order chi connectivity index (χ0) is 12.5. The fourth-order valence-electron chi connectivity index (χ4n) is 2.14. The Labute approximate surface area is 105 Å². The normalized spacial score (nSPS) is 14.3. The van der Waals surface area contributed by atoms with Crippen molar-refractivity contribution in [1.29, 1.82) is 0 Å². The fraction of sp³-hybridized carbons (Fsp3) is 0.308. The minimum atomic E-state index is 0.483. The number of hydrogen-bond donors (Lipinski definition) is 2. The SMILES string of the molecule is Cc1c(-c2cc(N)n[nH]2)ccc2c1OCCCO2. The Morgan fingerprint density at radius 3 is 2.89 bits per heavy atom. The molecule has 1 aliphatic rings. The van der Waals surface area contributed by atoms with E-state index in [2.05, 4.69) is 10.2 Å². The molecule has 0 saturated heterocycles. The molecule has 2 aromatic rings. The van der Waals surface area contributed by atoms with Crippen LogP contribution < -0.4 is 15.2 Å². The predicted molar refractivity (Wildman–Crippen MR) is 68.8 cm³/mol. The molecule has 3 N–H and O–H groups in total. The number of fused-ring (bicyclic) bond motifs is 1. The van der Waals surface area contributed by atoms with E-state index in [1.807, 2.05) is 25.1 Å². The molecule has 5 heteroatoms. The van der Waals surface area contributed by atoms with Gasteiger partial charge in [0.1, 0.15) is 5.82 Å². The van der Waals surface area contributed by atoms with Crippen molar-refractivity contribution in [3.8, 4) is 22.8 Å². The lowest BCUT2D eigenvalue weighted by Gasteiger charge is -2.13. The van der Waals surface area contributed by atoms with Gasteiger partial charge in [-0.2, -0.15) is 5.10 Å². The Balaban J connectivity index is 2.09. The third-order valence-electron chi connectivity index (χ3n) is 3.05. The number of nitrogens with one attached hydrogen (secondary N) is 1. The molecule has 18 heavy (non-hydrogen) atoms. The Kier molecular flexibility index (Phi) is 2.59. The second-order valence-electron chi connectivity index (χ2n) is 4.32. The summed E-state index contributed by atoms with van der Waals surface area (Å²) in [6, 6.07) is 5.74. The molecule has 0 aliphatic carbocycles. The standard InChI is InChI=1S/C13H15N3O2/c1-8-9(10-7-12(14)16-15-10)3-4-11-13(8)18-6-2-5-17-11/h3-4,7H,2,5-6H2,1H3,(H3,14,15,16). The first-order valence-electron chi connectivity index (χ1n) is 5.96. The first-order chi connectivity index (χ1) is 8.75. The van der Waals surface area contributed by atoms with Crippen LogP contribution in [0, 0.1) is 6.92 Å². The second kappa shape index (κ2) is 4.25. The third-order valence-corrected chi connectivity index (χ3v) is 3.05. The smallest absolute Gasteiger partial charge is 0.164 e. The molecule has 0 bridgehead atoms. The summed E-state index contributed by atoms with van der Waals surface area (Å²) in [4.78, 5) is 0. The lowest BCUT2D eigenvalue weighted by atomic mass is 10.0. The summed E-state index contributed by atoms with van der Waals surface area (Å²) in [6.45, 7) is 3.39. The molecule has 1 aromatic heterocycles. The molecule has 0 atom stereocenters. The molecule has 2 heterocycles. The van der Waals surface area contributed by atoms with Crippen LogP contribution in [-0.2, 0) is 0 Å². The summed E-state index contributed by atoms with van der Waals surface area (Å²) in [5, 5.41) is 6.86. The Hall–Kier alpha value is -2.17. The molecule has 1 aliphatic heterocycles. The van der Waals surface area contributed by atoms with Crippen LogP contribution in [0.3, 0.4) is 0 Å². The lowest BCUT2D eigenvalue weighted by Crippen LogP contribution is -1.98. The van der Waals surface area contributed by atoms with Gasteiger partial charge in [-0.05, 0) is 19.1 Å². The minimum Gasteiger partial charge on any atom is -0.490 e. The minimum absolute atomic E-state index is 0.483. The highest BCUT2D eigenvalue weighted by molar-refractivity contribution is 5.71. The van der Waals surface area contributed by atoms with Crippen molar-refractivity contribution in [2.75, 3.05) is 18.9 Å².